The van der Waals surface area contributed by atoms with Crippen molar-refractivity contribution in [3.63, 3.8) is 0 Å². The van der Waals surface area contributed by atoms with Crippen LogP contribution in [-0.2, 0) is 4.79 Å². The molecule has 0 saturated carbocycles. The van der Waals surface area contributed by atoms with E-state index in [9.17, 15) is 9.90 Å². The van der Waals surface area contributed by atoms with Gasteiger partial charge < -0.3 is 10.0 Å². The van der Waals surface area contributed by atoms with Gasteiger partial charge in [-0.2, -0.15) is 0 Å². The summed E-state index contributed by atoms with van der Waals surface area (Å²) >= 11 is 0. The topological polar surface area (TPSA) is 52.6 Å². The molecule has 2 N–H and O–H groups in total. The normalized spacial score (nSPS) is 16.7. The van der Waals surface area contributed by atoms with Gasteiger partial charge in [-0.1, -0.05) is 13.8 Å². The maximum absolute atomic E-state index is 11.4. The second kappa shape index (κ2) is 8.63. The van der Waals surface area contributed by atoms with Gasteiger partial charge in [-0.3, -0.25) is 10.1 Å². The van der Waals surface area contributed by atoms with Crippen LogP contribution in [-0.4, -0.2) is 47.2 Å². The Morgan fingerprint density at radius 3 is 2.20 bits per heavy atom. The summed E-state index contributed by atoms with van der Waals surface area (Å²) in [6.45, 7) is 13.4. The first kappa shape index (κ1) is 19.4. The van der Waals surface area contributed by atoms with E-state index in [4.69, 9.17) is 0 Å². The van der Waals surface area contributed by atoms with Gasteiger partial charge in [0.1, 0.15) is 5.54 Å². The van der Waals surface area contributed by atoms with E-state index in [-0.39, 0.29) is 6.04 Å². The van der Waals surface area contributed by atoms with Gasteiger partial charge in [-0.05, 0) is 66.5 Å². The monoisotopic (exact) mass is 286 g/mol. The molecular weight excluding hydrogens is 252 g/mol. The van der Waals surface area contributed by atoms with Crippen LogP contribution in [0.2, 0.25) is 0 Å². The average Bonchev–Trinajstić information content (AvgIpc) is 2.26. The van der Waals surface area contributed by atoms with Gasteiger partial charge in [-0.15, -0.1) is 0 Å². The molecule has 0 bridgehead atoms. The number of carboxylic acids is 1. The summed E-state index contributed by atoms with van der Waals surface area (Å²) in [5, 5.41) is 12.6. The summed E-state index contributed by atoms with van der Waals surface area (Å²) in [6.07, 6.45) is 2.72. The first-order chi connectivity index (χ1) is 9.08. The highest BCUT2D eigenvalue weighted by molar-refractivity contribution is 5.78. The van der Waals surface area contributed by atoms with Gasteiger partial charge in [0, 0.05) is 12.1 Å². The molecule has 0 spiro atoms. The van der Waals surface area contributed by atoms with Crippen molar-refractivity contribution in [3.8, 4) is 0 Å². The van der Waals surface area contributed by atoms with Crippen LogP contribution in [0.15, 0.2) is 0 Å². The van der Waals surface area contributed by atoms with E-state index in [0.717, 1.165) is 13.0 Å². The third kappa shape index (κ3) is 7.25. The van der Waals surface area contributed by atoms with Gasteiger partial charge in [-0.25, -0.2) is 0 Å². The number of rotatable bonds is 10. The summed E-state index contributed by atoms with van der Waals surface area (Å²) in [7, 11) is 2.13. The number of nitrogens with zero attached hydrogens (tertiary/aromatic N) is 1. The minimum atomic E-state index is -0.823. The summed E-state index contributed by atoms with van der Waals surface area (Å²) in [4.78, 5) is 13.8. The smallest absolute Gasteiger partial charge is 0.323 e. The fourth-order valence-corrected chi connectivity index (χ4v) is 2.64. The number of aliphatic carboxylic acids is 1. The van der Waals surface area contributed by atoms with Crippen LogP contribution in [0.5, 0.6) is 0 Å². The maximum atomic E-state index is 11.4. The molecule has 0 heterocycles. The molecule has 0 aliphatic heterocycles. The quantitative estimate of drug-likeness (QED) is 0.648. The van der Waals surface area contributed by atoms with Crippen LogP contribution in [0.1, 0.15) is 60.8 Å². The fraction of sp³-hybridized carbons (Fsp3) is 0.938. The maximum Gasteiger partial charge on any atom is 0.323 e. The van der Waals surface area contributed by atoms with Gasteiger partial charge in [0.2, 0.25) is 0 Å². The number of carbonyl (C=O) groups is 1. The lowest BCUT2D eigenvalue weighted by Crippen LogP contribution is -2.52. The van der Waals surface area contributed by atoms with E-state index in [2.05, 4.69) is 38.0 Å². The zero-order valence-corrected chi connectivity index (χ0v) is 14.4. The molecule has 0 aliphatic carbocycles. The predicted molar refractivity (Wildman–Crippen MR) is 85.1 cm³/mol. The van der Waals surface area contributed by atoms with E-state index in [1.54, 1.807) is 6.92 Å². The number of hydrogen-bond acceptors (Lipinski definition) is 3. The zero-order chi connectivity index (χ0) is 15.9. The van der Waals surface area contributed by atoms with Crippen molar-refractivity contribution in [1.82, 2.24) is 10.2 Å². The minimum Gasteiger partial charge on any atom is -0.480 e. The van der Waals surface area contributed by atoms with Crippen molar-refractivity contribution < 1.29 is 9.90 Å². The molecule has 0 aromatic carbocycles. The highest BCUT2D eigenvalue weighted by atomic mass is 16.4. The Morgan fingerprint density at radius 1 is 1.25 bits per heavy atom. The van der Waals surface area contributed by atoms with Gasteiger partial charge >= 0.3 is 5.97 Å². The number of carboxylic acid groups (broad SMARTS) is 1. The standard InChI is InChI=1S/C16H34N2O2/c1-12(2)11-14(5)18(7)10-8-9-16(6,15(19)20)17-13(3)4/h12-14,17H,8-11H2,1-7H3,(H,19,20). The van der Waals surface area contributed by atoms with Crippen molar-refractivity contribution in [1.29, 1.82) is 0 Å². The van der Waals surface area contributed by atoms with E-state index in [1.807, 2.05) is 13.8 Å². The van der Waals surface area contributed by atoms with E-state index in [0.29, 0.717) is 18.4 Å². The van der Waals surface area contributed by atoms with Crippen molar-refractivity contribution in [3.05, 3.63) is 0 Å². The van der Waals surface area contributed by atoms with Crippen molar-refractivity contribution >= 4 is 5.97 Å². The molecule has 20 heavy (non-hydrogen) atoms. The lowest BCUT2D eigenvalue weighted by Gasteiger charge is -2.31. The van der Waals surface area contributed by atoms with Crippen LogP contribution in [0.25, 0.3) is 0 Å². The summed E-state index contributed by atoms with van der Waals surface area (Å²) in [5.74, 6) is -0.0663. The molecular formula is C16H34N2O2. The molecule has 2 atom stereocenters. The highest BCUT2D eigenvalue weighted by Gasteiger charge is 2.32. The molecule has 0 fully saturated rings. The minimum absolute atomic E-state index is 0.175. The first-order valence-electron chi connectivity index (χ1n) is 7.79. The molecule has 0 rings (SSSR count). The lowest BCUT2D eigenvalue weighted by molar-refractivity contribution is -0.144. The Bertz CT molecular complexity index is 292. The zero-order valence-electron chi connectivity index (χ0n) is 14.4. The fourth-order valence-electron chi connectivity index (χ4n) is 2.64. The Hall–Kier alpha value is -0.610. The van der Waals surface area contributed by atoms with Crippen LogP contribution in [0.3, 0.4) is 0 Å². The van der Waals surface area contributed by atoms with Crippen LogP contribution in [0.4, 0.5) is 0 Å². The van der Waals surface area contributed by atoms with Gasteiger partial charge in [0.05, 0.1) is 0 Å². The second-order valence-electron chi connectivity index (χ2n) is 7.00. The Labute approximate surface area is 124 Å². The molecule has 0 amide bonds. The SMILES string of the molecule is CC(C)CC(C)N(C)CCCC(C)(NC(C)C)C(=O)O. The van der Waals surface area contributed by atoms with Crippen LogP contribution < -0.4 is 5.32 Å². The molecule has 0 aliphatic rings. The van der Waals surface area contributed by atoms with Crippen molar-refractivity contribution in [2.45, 2.75) is 78.4 Å². The molecule has 4 nitrogen and oxygen atoms in total. The Morgan fingerprint density at radius 2 is 1.80 bits per heavy atom. The highest BCUT2D eigenvalue weighted by Crippen LogP contribution is 2.16. The molecule has 2 unspecified atom stereocenters. The molecule has 0 aromatic heterocycles. The summed E-state index contributed by atoms with van der Waals surface area (Å²) < 4.78 is 0. The third-order valence-corrected chi connectivity index (χ3v) is 3.83. The molecule has 0 aromatic rings. The van der Waals surface area contributed by atoms with E-state index < -0.39 is 11.5 Å². The van der Waals surface area contributed by atoms with Gasteiger partial charge in [0.25, 0.3) is 0 Å². The van der Waals surface area contributed by atoms with E-state index in [1.165, 1.54) is 6.42 Å². The van der Waals surface area contributed by atoms with Crippen LogP contribution in [0, 0.1) is 5.92 Å². The molecule has 0 saturated heterocycles. The third-order valence-electron chi connectivity index (χ3n) is 3.83. The first-order valence-corrected chi connectivity index (χ1v) is 7.79. The average molecular weight is 286 g/mol. The van der Waals surface area contributed by atoms with Crippen molar-refractivity contribution in [2.75, 3.05) is 13.6 Å². The predicted octanol–water partition coefficient (Wildman–Crippen LogP) is 2.97. The number of hydrogen-bond donors (Lipinski definition) is 2. The Kier molecular flexibility index (Phi) is 8.36. The summed E-state index contributed by atoms with van der Waals surface area (Å²) in [6, 6.07) is 0.720. The molecule has 120 valence electrons. The van der Waals surface area contributed by atoms with Crippen molar-refractivity contribution in [2.24, 2.45) is 5.92 Å². The van der Waals surface area contributed by atoms with Gasteiger partial charge in [0.15, 0.2) is 0 Å². The second-order valence-corrected chi connectivity index (χ2v) is 7.00. The summed E-state index contributed by atoms with van der Waals surface area (Å²) in [5.41, 5.74) is -0.823. The largest absolute Gasteiger partial charge is 0.480 e. The molecule has 0 radical (unpaired) electrons. The van der Waals surface area contributed by atoms with Crippen LogP contribution >= 0.6 is 0 Å². The van der Waals surface area contributed by atoms with E-state index >= 15 is 0 Å². The molecule has 4 heteroatoms. The Balaban J connectivity index is 4.27. The lowest BCUT2D eigenvalue weighted by atomic mass is 9.94. The number of nitrogens with one attached hydrogen (secondary N) is 1.